The summed E-state index contributed by atoms with van der Waals surface area (Å²) in [5.41, 5.74) is 0. The number of aliphatic hydroxyl groups excluding tert-OH is 7. The molecule has 2 aliphatic rings. The van der Waals surface area contributed by atoms with Gasteiger partial charge in [-0.1, -0.05) is 64.2 Å². The molecular formula is C28H52O13. The fourth-order valence-corrected chi connectivity index (χ4v) is 5.24. The maximum atomic E-state index is 10.7. The SMILES string of the molecule is CC(CCCCCCCCCCCCCC(=O)O)OC1OC(CO)C(O)C(O)C1OC1OC(CO)C(O)C(O)C1O. The van der Waals surface area contributed by atoms with Gasteiger partial charge in [0.15, 0.2) is 12.6 Å². The fourth-order valence-electron chi connectivity index (χ4n) is 5.24. The molecule has 0 saturated carbocycles. The number of carboxylic acid groups (broad SMARTS) is 1. The standard InChI is InChI=1S/C28H52O13/c1-17(13-11-9-7-5-3-2-4-6-8-10-12-14-20(31)32)38-28-26(24(36)22(34)19(16-30)40-28)41-27-25(37)23(35)21(33)18(15-29)39-27/h17-19,21-30,33-37H,2-16H2,1H3,(H,31,32). The first kappa shape index (κ1) is 36.2. The minimum Gasteiger partial charge on any atom is -0.481 e. The molecule has 8 N–H and O–H groups in total. The number of carboxylic acids is 1. The third kappa shape index (κ3) is 11.9. The van der Waals surface area contributed by atoms with E-state index in [1.807, 2.05) is 6.92 Å². The summed E-state index contributed by atoms with van der Waals surface area (Å²) in [6, 6.07) is 0. The molecule has 2 fully saturated rings. The van der Waals surface area contributed by atoms with E-state index < -0.39 is 80.6 Å². The van der Waals surface area contributed by atoms with Crippen LogP contribution < -0.4 is 0 Å². The Hall–Kier alpha value is -0.970. The third-order valence-corrected chi connectivity index (χ3v) is 7.83. The number of aliphatic carboxylic acids is 1. The average Bonchev–Trinajstić information content (AvgIpc) is 2.94. The molecule has 2 saturated heterocycles. The summed E-state index contributed by atoms with van der Waals surface area (Å²) in [6.07, 6.45) is -2.43. The highest BCUT2D eigenvalue weighted by molar-refractivity contribution is 5.66. The van der Waals surface area contributed by atoms with Gasteiger partial charge in [0.1, 0.15) is 48.8 Å². The van der Waals surface area contributed by atoms with Gasteiger partial charge in [-0.05, 0) is 19.8 Å². The van der Waals surface area contributed by atoms with Crippen molar-refractivity contribution in [3.8, 4) is 0 Å². The van der Waals surface area contributed by atoms with Crippen LogP contribution in [0.3, 0.4) is 0 Å². The second-order valence-corrected chi connectivity index (χ2v) is 11.3. The molecule has 0 aromatic rings. The molecule has 11 atom stereocenters. The fraction of sp³-hybridized carbons (Fsp3) is 0.964. The highest BCUT2D eigenvalue weighted by atomic mass is 16.8. The summed E-state index contributed by atoms with van der Waals surface area (Å²) in [5, 5.41) is 79.2. The number of rotatable bonds is 20. The van der Waals surface area contributed by atoms with Gasteiger partial charge in [0.05, 0.1) is 19.3 Å². The number of unbranched alkanes of at least 4 members (excludes halogenated alkanes) is 10. The second-order valence-electron chi connectivity index (χ2n) is 11.3. The molecule has 11 unspecified atom stereocenters. The maximum Gasteiger partial charge on any atom is 0.303 e. The quantitative estimate of drug-likeness (QED) is 0.0881. The van der Waals surface area contributed by atoms with E-state index in [9.17, 15) is 40.5 Å². The third-order valence-electron chi connectivity index (χ3n) is 7.83. The van der Waals surface area contributed by atoms with Crippen molar-refractivity contribution in [3.63, 3.8) is 0 Å². The molecule has 13 heteroatoms. The van der Waals surface area contributed by atoms with Gasteiger partial charge in [0, 0.05) is 6.42 Å². The van der Waals surface area contributed by atoms with Crippen LogP contribution in [-0.2, 0) is 23.7 Å². The van der Waals surface area contributed by atoms with Crippen LogP contribution in [0.4, 0.5) is 0 Å². The lowest BCUT2D eigenvalue weighted by atomic mass is 9.97. The van der Waals surface area contributed by atoms with Gasteiger partial charge in [-0.3, -0.25) is 4.79 Å². The minimum absolute atomic E-state index is 0.252. The Balaban J connectivity index is 1.74. The number of ether oxygens (including phenoxy) is 4. The van der Waals surface area contributed by atoms with Crippen molar-refractivity contribution in [3.05, 3.63) is 0 Å². The van der Waals surface area contributed by atoms with Crippen LogP contribution in [0.5, 0.6) is 0 Å². The number of aliphatic hydroxyl groups is 7. The van der Waals surface area contributed by atoms with E-state index in [4.69, 9.17) is 24.1 Å². The van der Waals surface area contributed by atoms with E-state index in [1.54, 1.807) is 0 Å². The van der Waals surface area contributed by atoms with E-state index in [0.29, 0.717) is 6.42 Å². The van der Waals surface area contributed by atoms with Crippen LogP contribution in [-0.4, -0.2) is 128 Å². The molecular weight excluding hydrogens is 544 g/mol. The molecule has 13 nitrogen and oxygen atoms in total. The largest absolute Gasteiger partial charge is 0.481 e. The normalized spacial score (nSPS) is 34.9. The van der Waals surface area contributed by atoms with Crippen molar-refractivity contribution >= 4 is 5.97 Å². The Morgan fingerprint density at radius 2 is 1.12 bits per heavy atom. The van der Waals surface area contributed by atoms with Crippen molar-refractivity contribution in [1.29, 1.82) is 0 Å². The molecule has 242 valence electrons. The Bertz CT molecular complexity index is 710. The van der Waals surface area contributed by atoms with Crippen LogP contribution in [0.1, 0.15) is 90.4 Å². The van der Waals surface area contributed by atoms with Crippen molar-refractivity contribution in [1.82, 2.24) is 0 Å². The summed E-state index contributed by atoms with van der Waals surface area (Å²) >= 11 is 0. The van der Waals surface area contributed by atoms with Crippen LogP contribution in [0, 0.1) is 0 Å². The Kier molecular flexibility index (Phi) is 17.1. The molecule has 0 radical (unpaired) electrons. The molecule has 41 heavy (non-hydrogen) atoms. The van der Waals surface area contributed by atoms with Crippen molar-refractivity contribution in [2.24, 2.45) is 0 Å². The van der Waals surface area contributed by atoms with Crippen LogP contribution >= 0.6 is 0 Å². The van der Waals surface area contributed by atoms with Gasteiger partial charge < -0.3 is 59.8 Å². The molecule has 0 bridgehead atoms. The van der Waals surface area contributed by atoms with E-state index in [-0.39, 0.29) is 12.5 Å². The number of carbonyl (C=O) groups is 1. The Morgan fingerprint density at radius 3 is 1.63 bits per heavy atom. The lowest BCUT2D eigenvalue weighted by Crippen LogP contribution is -2.64. The van der Waals surface area contributed by atoms with E-state index >= 15 is 0 Å². The zero-order valence-electron chi connectivity index (χ0n) is 24.1. The van der Waals surface area contributed by atoms with Gasteiger partial charge in [-0.15, -0.1) is 0 Å². The molecule has 0 amide bonds. The van der Waals surface area contributed by atoms with Crippen molar-refractivity contribution < 1.29 is 64.6 Å². The molecule has 0 aromatic heterocycles. The smallest absolute Gasteiger partial charge is 0.303 e. The minimum atomic E-state index is -1.71. The topological polar surface area (TPSA) is 216 Å². The maximum absolute atomic E-state index is 10.7. The van der Waals surface area contributed by atoms with Gasteiger partial charge in [0.25, 0.3) is 0 Å². The van der Waals surface area contributed by atoms with E-state index in [0.717, 1.165) is 57.8 Å². The van der Waals surface area contributed by atoms with Gasteiger partial charge in [0.2, 0.25) is 0 Å². The van der Waals surface area contributed by atoms with Crippen molar-refractivity contribution in [2.45, 2.75) is 158 Å². The highest BCUT2D eigenvalue weighted by Crippen LogP contribution is 2.30. The first-order chi connectivity index (χ1) is 19.6. The Labute approximate surface area is 242 Å². The first-order valence-electron chi connectivity index (χ1n) is 15.1. The number of hydrogen-bond donors (Lipinski definition) is 8. The van der Waals surface area contributed by atoms with E-state index in [2.05, 4.69) is 0 Å². The summed E-state index contributed by atoms with van der Waals surface area (Å²) in [4.78, 5) is 10.5. The molecule has 2 aliphatic heterocycles. The molecule has 2 heterocycles. The van der Waals surface area contributed by atoms with Gasteiger partial charge in [-0.2, -0.15) is 0 Å². The first-order valence-corrected chi connectivity index (χ1v) is 15.1. The lowest BCUT2D eigenvalue weighted by Gasteiger charge is -2.46. The predicted octanol–water partition coefficient (Wildman–Crippen LogP) is 0.172. The average molecular weight is 597 g/mol. The van der Waals surface area contributed by atoms with Crippen LogP contribution in [0.25, 0.3) is 0 Å². The number of hydrogen-bond acceptors (Lipinski definition) is 12. The summed E-state index contributed by atoms with van der Waals surface area (Å²) in [6.45, 7) is 0.594. The summed E-state index contributed by atoms with van der Waals surface area (Å²) in [7, 11) is 0. The van der Waals surface area contributed by atoms with Gasteiger partial charge in [-0.25, -0.2) is 0 Å². The summed E-state index contributed by atoms with van der Waals surface area (Å²) < 4.78 is 22.7. The highest BCUT2D eigenvalue weighted by Gasteiger charge is 2.51. The molecule has 0 aliphatic carbocycles. The second kappa shape index (κ2) is 19.3. The zero-order valence-corrected chi connectivity index (χ0v) is 24.1. The predicted molar refractivity (Wildman–Crippen MR) is 145 cm³/mol. The molecule has 0 aromatic carbocycles. The summed E-state index contributed by atoms with van der Waals surface area (Å²) in [5.74, 6) is -0.729. The van der Waals surface area contributed by atoms with Crippen LogP contribution in [0.2, 0.25) is 0 Å². The molecule has 0 spiro atoms. The van der Waals surface area contributed by atoms with Crippen molar-refractivity contribution in [2.75, 3.05) is 13.2 Å². The monoisotopic (exact) mass is 596 g/mol. The zero-order chi connectivity index (χ0) is 30.4. The molecule has 2 rings (SSSR count). The Morgan fingerprint density at radius 1 is 0.659 bits per heavy atom. The van der Waals surface area contributed by atoms with Gasteiger partial charge >= 0.3 is 5.97 Å². The lowest BCUT2D eigenvalue weighted by molar-refractivity contribution is -0.371. The van der Waals surface area contributed by atoms with E-state index in [1.165, 1.54) is 12.8 Å². The van der Waals surface area contributed by atoms with Crippen LogP contribution in [0.15, 0.2) is 0 Å².